The van der Waals surface area contributed by atoms with E-state index in [4.69, 9.17) is 0 Å². The minimum atomic E-state index is -0.223. The number of likely N-dealkylation sites (N-methyl/N-ethyl adjacent to an activating group) is 1. The molecule has 2 aliphatic rings. The van der Waals surface area contributed by atoms with Crippen LogP contribution in [0.2, 0.25) is 0 Å². The van der Waals surface area contributed by atoms with Crippen LogP contribution in [0.25, 0.3) is 0 Å². The summed E-state index contributed by atoms with van der Waals surface area (Å²) in [6.45, 7) is 7.20. The highest BCUT2D eigenvalue weighted by atomic mass is 19.1. The quantitative estimate of drug-likeness (QED) is 0.860. The number of nitrogens with one attached hydrogen (secondary N) is 2. The third-order valence-corrected chi connectivity index (χ3v) is 4.91. The van der Waals surface area contributed by atoms with E-state index in [0.29, 0.717) is 5.92 Å². The summed E-state index contributed by atoms with van der Waals surface area (Å²) in [6.07, 6.45) is 0.923. The molecular weight excluding hydrogens is 307 g/mol. The number of benzene rings is 1. The molecule has 1 aliphatic carbocycles. The topological polar surface area (TPSA) is 47.6 Å². The van der Waals surface area contributed by atoms with Crippen molar-refractivity contribution < 1.29 is 9.18 Å². The van der Waals surface area contributed by atoms with Gasteiger partial charge in [-0.2, -0.15) is 0 Å². The molecule has 2 fully saturated rings. The van der Waals surface area contributed by atoms with E-state index in [1.807, 2.05) is 6.92 Å². The van der Waals surface area contributed by atoms with Crippen LogP contribution in [0.5, 0.6) is 0 Å². The lowest BCUT2D eigenvalue weighted by atomic mass is 10.1. The van der Waals surface area contributed by atoms with E-state index in [9.17, 15) is 9.18 Å². The molecule has 6 heteroatoms. The zero-order chi connectivity index (χ0) is 17.1. The van der Waals surface area contributed by atoms with Crippen molar-refractivity contribution in [2.24, 2.45) is 0 Å². The Morgan fingerprint density at radius 1 is 1.25 bits per heavy atom. The fourth-order valence-electron chi connectivity index (χ4n) is 3.33. The van der Waals surface area contributed by atoms with Crippen LogP contribution in [0, 0.1) is 5.82 Å². The molecule has 0 spiro atoms. The lowest BCUT2D eigenvalue weighted by Crippen LogP contribution is -2.51. The van der Waals surface area contributed by atoms with Crippen molar-refractivity contribution in [2.45, 2.75) is 31.3 Å². The van der Waals surface area contributed by atoms with Crippen LogP contribution in [-0.2, 0) is 0 Å². The van der Waals surface area contributed by atoms with Crippen molar-refractivity contribution in [3.63, 3.8) is 0 Å². The first-order chi connectivity index (χ1) is 11.5. The van der Waals surface area contributed by atoms with Gasteiger partial charge in [-0.3, -0.25) is 4.90 Å². The fraction of sp³-hybridized carbons (Fsp3) is 0.611. The number of piperazine rings is 1. The van der Waals surface area contributed by atoms with Crippen LogP contribution in [0.4, 0.5) is 9.18 Å². The molecule has 5 nitrogen and oxygen atoms in total. The summed E-state index contributed by atoms with van der Waals surface area (Å²) in [7, 11) is 2.14. The largest absolute Gasteiger partial charge is 0.335 e. The minimum absolute atomic E-state index is 0.105. The van der Waals surface area contributed by atoms with Gasteiger partial charge in [0.05, 0.1) is 0 Å². The molecular formula is C18H27FN4O. The number of halogens is 1. The number of carbonyl (C=O) groups is 1. The lowest BCUT2D eigenvalue weighted by Gasteiger charge is -2.34. The highest BCUT2D eigenvalue weighted by Gasteiger charge is 2.39. The summed E-state index contributed by atoms with van der Waals surface area (Å²) in [6, 6.07) is 6.73. The summed E-state index contributed by atoms with van der Waals surface area (Å²) in [5, 5.41) is 6.05. The number of rotatable bonds is 5. The normalized spacial score (nSPS) is 26.0. The van der Waals surface area contributed by atoms with Crippen LogP contribution in [-0.4, -0.2) is 67.7 Å². The van der Waals surface area contributed by atoms with Crippen LogP contribution < -0.4 is 10.6 Å². The predicted octanol–water partition coefficient (Wildman–Crippen LogP) is 1.62. The summed E-state index contributed by atoms with van der Waals surface area (Å²) < 4.78 is 12.9. The Morgan fingerprint density at radius 2 is 1.92 bits per heavy atom. The molecule has 2 amide bonds. The van der Waals surface area contributed by atoms with Gasteiger partial charge in [0.25, 0.3) is 0 Å². The van der Waals surface area contributed by atoms with Crippen molar-refractivity contribution in [3.8, 4) is 0 Å². The number of amides is 2. The Labute approximate surface area is 143 Å². The Bertz CT molecular complexity index is 557. The molecule has 3 atom stereocenters. The van der Waals surface area contributed by atoms with E-state index in [1.54, 1.807) is 12.1 Å². The first-order valence-corrected chi connectivity index (χ1v) is 8.74. The molecule has 3 rings (SSSR count). The highest BCUT2D eigenvalue weighted by Crippen LogP contribution is 2.40. The number of nitrogens with zero attached hydrogens (tertiary/aromatic N) is 2. The summed E-state index contributed by atoms with van der Waals surface area (Å²) >= 11 is 0. The molecule has 1 saturated carbocycles. The van der Waals surface area contributed by atoms with E-state index in [-0.39, 0.29) is 23.9 Å². The first kappa shape index (κ1) is 17.2. The van der Waals surface area contributed by atoms with Gasteiger partial charge in [-0.15, -0.1) is 0 Å². The van der Waals surface area contributed by atoms with Crippen LogP contribution in [0.3, 0.4) is 0 Å². The monoisotopic (exact) mass is 334 g/mol. The molecule has 1 aromatic rings. The second-order valence-electron chi connectivity index (χ2n) is 7.12. The van der Waals surface area contributed by atoms with Gasteiger partial charge in [-0.25, -0.2) is 9.18 Å². The van der Waals surface area contributed by atoms with Gasteiger partial charge < -0.3 is 15.5 Å². The molecule has 0 unspecified atom stereocenters. The SMILES string of the molecule is C[C@H](CN1CCN(C)CC1)NC(=O)N[C@@H]1C[C@@H]1c1ccc(F)cc1. The fourth-order valence-corrected chi connectivity index (χ4v) is 3.33. The standard InChI is InChI=1S/C18H27FN4O/c1-13(12-23-9-7-22(2)8-10-23)20-18(24)21-17-11-16(17)14-3-5-15(19)6-4-14/h3-6,13,16-17H,7-12H2,1-2H3,(H2,20,21,24)/t13-,16-,17-/m1/s1. The van der Waals surface area contributed by atoms with Crippen LogP contribution in [0.1, 0.15) is 24.8 Å². The molecule has 0 radical (unpaired) electrons. The number of hydrogen-bond acceptors (Lipinski definition) is 3. The lowest BCUT2D eigenvalue weighted by molar-refractivity contribution is 0.144. The summed E-state index contributed by atoms with van der Waals surface area (Å²) in [4.78, 5) is 16.8. The Kier molecular flexibility index (Phi) is 5.36. The van der Waals surface area contributed by atoms with Gasteiger partial charge in [0.15, 0.2) is 0 Å². The summed E-state index contributed by atoms with van der Waals surface area (Å²) in [5.41, 5.74) is 1.09. The Morgan fingerprint density at radius 3 is 2.58 bits per heavy atom. The van der Waals surface area contributed by atoms with Gasteiger partial charge >= 0.3 is 6.03 Å². The molecule has 1 saturated heterocycles. The predicted molar refractivity (Wildman–Crippen MR) is 92.6 cm³/mol. The Hall–Kier alpha value is -1.66. The molecule has 24 heavy (non-hydrogen) atoms. The van der Waals surface area contributed by atoms with E-state index in [2.05, 4.69) is 27.5 Å². The van der Waals surface area contributed by atoms with E-state index < -0.39 is 0 Å². The zero-order valence-corrected chi connectivity index (χ0v) is 14.5. The van der Waals surface area contributed by atoms with Crippen molar-refractivity contribution in [1.29, 1.82) is 0 Å². The van der Waals surface area contributed by atoms with Crippen LogP contribution >= 0.6 is 0 Å². The zero-order valence-electron chi connectivity index (χ0n) is 14.5. The molecule has 1 aromatic carbocycles. The molecule has 2 N–H and O–H groups in total. The second-order valence-corrected chi connectivity index (χ2v) is 7.12. The maximum absolute atomic E-state index is 12.9. The molecule has 1 aliphatic heterocycles. The van der Waals surface area contributed by atoms with Crippen LogP contribution in [0.15, 0.2) is 24.3 Å². The molecule has 132 valence electrons. The molecule has 1 heterocycles. The smallest absolute Gasteiger partial charge is 0.315 e. The minimum Gasteiger partial charge on any atom is -0.335 e. The van der Waals surface area contributed by atoms with Crippen molar-refractivity contribution >= 4 is 6.03 Å². The van der Waals surface area contributed by atoms with E-state index in [0.717, 1.165) is 44.7 Å². The van der Waals surface area contributed by atoms with Gasteiger partial charge in [-0.1, -0.05) is 12.1 Å². The van der Waals surface area contributed by atoms with Crippen molar-refractivity contribution in [3.05, 3.63) is 35.6 Å². The third-order valence-electron chi connectivity index (χ3n) is 4.91. The van der Waals surface area contributed by atoms with Gasteiger partial charge in [0.1, 0.15) is 5.82 Å². The van der Waals surface area contributed by atoms with Gasteiger partial charge in [0.2, 0.25) is 0 Å². The highest BCUT2D eigenvalue weighted by molar-refractivity contribution is 5.75. The molecule has 0 aromatic heterocycles. The van der Waals surface area contributed by atoms with Crippen molar-refractivity contribution in [2.75, 3.05) is 39.8 Å². The average Bonchev–Trinajstić information content (AvgIpc) is 3.29. The summed E-state index contributed by atoms with van der Waals surface area (Å²) in [5.74, 6) is 0.0867. The number of hydrogen-bond donors (Lipinski definition) is 2. The van der Waals surface area contributed by atoms with Gasteiger partial charge in [-0.05, 0) is 38.1 Å². The second kappa shape index (κ2) is 7.49. The van der Waals surface area contributed by atoms with Crippen molar-refractivity contribution in [1.82, 2.24) is 20.4 Å². The van der Waals surface area contributed by atoms with E-state index >= 15 is 0 Å². The average molecular weight is 334 g/mol. The van der Waals surface area contributed by atoms with Gasteiger partial charge in [0, 0.05) is 50.7 Å². The third kappa shape index (κ3) is 4.68. The number of urea groups is 1. The van der Waals surface area contributed by atoms with E-state index in [1.165, 1.54) is 12.1 Å². The maximum atomic E-state index is 12.9. The first-order valence-electron chi connectivity index (χ1n) is 8.74. The molecule has 0 bridgehead atoms. The number of carbonyl (C=O) groups excluding carboxylic acids is 1. The maximum Gasteiger partial charge on any atom is 0.315 e. The Balaban J connectivity index is 1.37.